The number of anilines is 1. The summed E-state index contributed by atoms with van der Waals surface area (Å²) in [5, 5.41) is 6.24. The average Bonchev–Trinajstić information content (AvgIpc) is 2.82. The fraction of sp³-hybridized carbons (Fsp3) is 0.357. The molecule has 2 aromatic rings. The molecule has 2 aromatic heterocycles. The first-order valence-corrected chi connectivity index (χ1v) is 8.08. The normalized spacial score (nSPS) is 11.4. The highest BCUT2D eigenvalue weighted by atomic mass is 79.9. The molecule has 1 amide bonds. The smallest absolute Gasteiger partial charge is 0.422 e. The van der Waals surface area contributed by atoms with Gasteiger partial charge in [0.25, 0.3) is 0 Å². The fourth-order valence-electron chi connectivity index (χ4n) is 1.87. The van der Waals surface area contributed by atoms with Gasteiger partial charge >= 0.3 is 6.18 Å². The second kappa shape index (κ2) is 8.05. The molecule has 0 bridgehead atoms. The van der Waals surface area contributed by atoms with Crippen molar-refractivity contribution >= 4 is 39.1 Å². The van der Waals surface area contributed by atoms with Crippen molar-refractivity contribution in [3.63, 3.8) is 0 Å². The molecule has 11 heteroatoms. The van der Waals surface area contributed by atoms with E-state index < -0.39 is 18.7 Å². The molecule has 2 rings (SSSR count). The number of aryl methyl sites for hydroxylation is 1. The molecule has 25 heavy (non-hydrogen) atoms. The molecule has 0 spiro atoms. The van der Waals surface area contributed by atoms with Crippen LogP contribution in [0.2, 0.25) is 5.22 Å². The van der Waals surface area contributed by atoms with Gasteiger partial charge in [0.15, 0.2) is 6.61 Å². The zero-order valence-corrected chi connectivity index (χ0v) is 15.1. The number of alkyl halides is 3. The van der Waals surface area contributed by atoms with Crippen LogP contribution < -0.4 is 10.1 Å². The number of hydrogen-bond donors (Lipinski definition) is 1. The molecule has 0 saturated carbocycles. The lowest BCUT2D eigenvalue weighted by atomic mass is 10.1. The lowest BCUT2D eigenvalue weighted by Gasteiger charge is -2.13. The summed E-state index contributed by atoms with van der Waals surface area (Å²) in [6.07, 6.45) is -2.96. The molecule has 6 nitrogen and oxygen atoms in total. The number of rotatable bonds is 6. The van der Waals surface area contributed by atoms with Crippen LogP contribution in [0.25, 0.3) is 0 Å². The number of hydrogen-bond acceptors (Lipinski definition) is 5. The van der Waals surface area contributed by atoms with Crippen LogP contribution in [0.1, 0.15) is 17.7 Å². The number of amides is 1. The van der Waals surface area contributed by atoms with Crippen LogP contribution in [0.3, 0.4) is 0 Å². The molecule has 2 heterocycles. The van der Waals surface area contributed by atoms with Crippen molar-refractivity contribution < 1.29 is 27.2 Å². The van der Waals surface area contributed by atoms with Gasteiger partial charge in [-0.05, 0) is 46.9 Å². The van der Waals surface area contributed by atoms with E-state index in [1.807, 2.05) is 0 Å². The van der Waals surface area contributed by atoms with Crippen molar-refractivity contribution in [1.29, 1.82) is 0 Å². The van der Waals surface area contributed by atoms with E-state index in [-0.39, 0.29) is 29.6 Å². The van der Waals surface area contributed by atoms with Gasteiger partial charge in [-0.3, -0.25) is 4.79 Å². The third-order valence-corrected chi connectivity index (χ3v) is 3.73. The number of carbonyl (C=O) groups is 1. The molecule has 0 radical (unpaired) electrons. The first-order valence-electron chi connectivity index (χ1n) is 6.91. The van der Waals surface area contributed by atoms with Gasteiger partial charge in [0.1, 0.15) is 5.69 Å². The number of halogens is 5. The third-order valence-electron chi connectivity index (χ3n) is 3.00. The summed E-state index contributed by atoms with van der Waals surface area (Å²) in [7, 11) is 0. The molecule has 0 saturated heterocycles. The number of ether oxygens (including phenoxy) is 1. The van der Waals surface area contributed by atoms with Crippen LogP contribution in [0.4, 0.5) is 18.9 Å². The largest absolute Gasteiger partial charge is 0.467 e. The second-order valence-electron chi connectivity index (χ2n) is 4.98. The minimum Gasteiger partial charge on any atom is -0.467 e. The van der Waals surface area contributed by atoms with E-state index in [1.165, 1.54) is 12.3 Å². The van der Waals surface area contributed by atoms with Gasteiger partial charge in [-0.25, -0.2) is 4.98 Å². The Balaban J connectivity index is 2.03. The number of carbonyl (C=O) groups excluding carboxylic acids is 1. The summed E-state index contributed by atoms with van der Waals surface area (Å²) in [5.41, 5.74) is 1.19. The van der Waals surface area contributed by atoms with Crippen LogP contribution in [0.15, 0.2) is 21.3 Å². The standard InChI is InChI=1S/C14H12BrClF3N3O3/c1-7-9(12(16)25-22-7)2-3-11(23)21-10-4-8(15)5-20-13(10)24-6-14(17,18)19/h4-5H,2-3,6H2,1H3,(H,21,23). The number of aromatic nitrogens is 2. The number of nitrogens with zero attached hydrogens (tertiary/aromatic N) is 2. The summed E-state index contributed by atoms with van der Waals surface area (Å²) in [4.78, 5) is 15.8. The van der Waals surface area contributed by atoms with E-state index in [0.29, 0.717) is 15.7 Å². The van der Waals surface area contributed by atoms with Crippen LogP contribution in [0, 0.1) is 6.92 Å². The van der Waals surface area contributed by atoms with Crippen molar-refractivity contribution in [1.82, 2.24) is 10.1 Å². The Labute approximate surface area is 153 Å². The molecule has 0 aliphatic rings. The Bertz CT molecular complexity index is 748. The second-order valence-corrected chi connectivity index (χ2v) is 6.24. The molecule has 0 fully saturated rings. The summed E-state index contributed by atoms with van der Waals surface area (Å²) < 4.78 is 46.8. The highest BCUT2D eigenvalue weighted by molar-refractivity contribution is 9.10. The van der Waals surface area contributed by atoms with E-state index in [2.05, 4.69) is 36.1 Å². The zero-order chi connectivity index (χ0) is 18.6. The van der Waals surface area contributed by atoms with Crippen molar-refractivity contribution in [2.75, 3.05) is 11.9 Å². The average molecular weight is 443 g/mol. The van der Waals surface area contributed by atoms with E-state index in [9.17, 15) is 18.0 Å². The fourth-order valence-corrected chi connectivity index (χ4v) is 2.47. The van der Waals surface area contributed by atoms with E-state index in [0.717, 1.165) is 0 Å². The minimum absolute atomic E-state index is 0.0208. The van der Waals surface area contributed by atoms with Crippen molar-refractivity contribution in [3.8, 4) is 5.88 Å². The molecule has 0 unspecified atom stereocenters. The quantitative estimate of drug-likeness (QED) is 0.721. The van der Waals surface area contributed by atoms with Crippen molar-refractivity contribution in [2.24, 2.45) is 0 Å². The maximum Gasteiger partial charge on any atom is 0.422 e. The number of nitrogens with one attached hydrogen (secondary N) is 1. The first kappa shape index (κ1) is 19.5. The Kier molecular flexibility index (Phi) is 6.28. The Hall–Kier alpha value is -1.81. The van der Waals surface area contributed by atoms with Crippen molar-refractivity contribution in [3.05, 3.63) is 33.2 Å². The lowest BCUT2D eigenvalue weighted by molar-refractivity contribution is -0.153. The molecule has 1 N–H and O–H groups in total. The van der Waals surface area contributed by atoms with Crippen molar-refractivity contribution in [2.45, 2.75) is 25.9 Å². The molecule has 136 valence electrons. The molecular weight excluding hydrogens is 431 g/mol. The monoisotopic (exact) mass is 441 g/mol. The zero-order valence-electron chi connectivity index (χ0n) is 12.8. The Morgan fingerprint density at radius 2 is 2.20 bits per heavy atom. The Morgan fingerprint density at radius 1 is 1.48 bits per heavy atom. The van der Waals surface area contributed by atoms with E-state index in [1.54, 1.807) is 6.92 Å². The first-order chi connectivity index (χ1) is 11.7. The third kappa shape index (κ3) is 5.89. The van der Waals surface area contributed by atoms with Gasteiger partial charge in [-0.1, -0.05) is 5.16 Å². The maximum atomic E-state index is 12.3. The molecule has 0 aromatic carbocycles. The number of pyridine rings is 1. The van der Waals surface area contributed by atoms with Crippen LogP contribution in [-0.4, -0.2) is 28.8 Å². The summed E-state index contributed by atoms with van der Waals surface area (Å²) in [6, 6.07) is 1.40. The predicted octanol–water partition coefficient (Wildman–Crippen LogP) is 4.31. The Morgan fingerprint density at radius 3 is 2.80 bits per heavy atom. The van der Waals surface area contributed by atoms with Gasteiger partial charge in [-0.15, -0.1) is 0 Å². The highest BCUT2D eigenvalue weighted by Gasteiger charge is 2.29. The van der Waals surface area contributed by atoms with Gasteiger partial charge in [0.2, 0.25) is 17.0 Å². The molecular formula is C14H12BrClF3N3O3. The van der Waals surface area contributed by atoms with Gasteiger partial charge < -0.3 is 14.6 Å². The molecule has 0 aliphatic carbocycles. The summed E-state index contributed by atoms with van der Waals surface area (Å²) in [6.45, 7) is 0.171. The molecule has 0 atom stereocenters. The highest BCUT2D eigenvalue weighted by Crippen LogP contribution is 2.28. The predicted molar refractivity (Wildman–Crippen MR) is 86.7 cm³/mol. The SMILES string of the molecule is Cc1noc(Cl)c1CCC(=O)Nc1cc(Br)cnc1OCC(F)(F)F. The lowest BCUT2D eigenvalue weighted by Crippen LogP contribution is -2.21. The van der Waals surface area contributed by atoms with Crippen LogP contribution in [-0.2, 0) is 11.2 Å². The maximum absolute atomic E-state index is 12.3. The van der Waals surface area contributed by atoms with Gasteiger partial charge in [0.05, 0.1) is 5.69 Å². The van der Waals surface area contributed by atoms with E-state index in [4.69, 9.17) is 16.1 Å². The van der Waals surface area contributed by atoms with Crippen LogP contribution >= 0.6 is 27.5 Å². The minimum atomic E-state index is -4.52. The van der Waals surface area contributed by atoms with E-state index >= 15 is 0 Å². The summed E-state index contributed by atoms with van der Waals surface area (Å²) in [5.74, 6) is -0.776. The van der Waals surface area contributed by atoms with Gasteiger partial charge in [-0.2, -0.15) is 13.2 Å². The van der Waals surface area contributed by atoms with Crippen LogP contribution in [0.5, 0.6) is 5.88 Å². The topological polar surface area (TPSA) is 77.3 Å². The van der Waals surface area contributed by atoms with Gasteiger partial charge in [0, 0.05) is 22.7 Å². The summed E-state index contributed by atoms with van der Waals surface area (Å²) >= 11 is 8.95. The molecule has 0 aliphatic heterocycles.